The minimum absolute atomic E-state index is 0.339. The molecule has 5 rings (SSSR count). The van der Waals surface area contributed by atoms with E-state index >= 15 is 0 Å². The van der Waals surface area contributed by atoms with Crippen molar-refractivity contribution in [2.45, 2.75) is 16.7 Å². The lowest BCUT2D eigenvalue weighted by Crippen LogP contribution is -1.98. The SMILES string of the molecule is CCSc1ccc(-c2cc3cc(-c4cnc(N)c(N)c4)ccc3nc2N)cc1.Sc1ccccc1. The Morgan fingerprint density at radius 3 is 2.11 bits per heavy atom. The van der Waals surface area contributed by atoms with Crippen molar-refractivity contribution in [2.75, 3.05) is 23.0 Å². The van der Waals surface area contributed by atoms with Gasteiger partial charge in [-0.3, -0.25) is 0 Å². The number of aromatic nitrogens is 2. The summed E-state index contributed by atoms with van der Waals surface area (Å²) in [4.78, 5) is 11.0. The Balaban J connectivity index is 0.000000356. The van der Waals surface area contributed by atoms with E-state index in [4.69, 9.17) is 17.2 Å². The minimum Gasteiger partial charge on any atom is -0.396 e. The molecule has 0 aliphatic rings. The molecule has 0 unspecified atom stereocenters. The molecule has 0 atom stereocenters. The van der Waals surface area contributed by atoms with E-state index in [2.05, 4.69) is 65.9 Å². The van der Waals surface area contributed by atoms with Gasteiger partial charge in [0.25, 0.3) is 0 Å². The molecule has 0 fully saturated rings. The van der Waals surface area contributed by atoms with E-state index in [1.165, 1.54) is 4.90 Å². The first-order valence-electron chi connectivity index (χ1n) is 11.1. The Kier molecular flexibility index (Phi) is 7.80. The number of hydrogen-bond donors (Lipinski definition) is 4. The lowest BCUT2D eigenvalue weighted by Gasteiger charge is -2.10. The molecule has 5 aromatic rings. The van der Waals surface area contributed by atoms with Crippen LogP contribution in [0.25, 0.3) is 33.2 Å². The summed E-state index contributed by atoms with van der Waals surface area (Å²) in [6, 6.07) is 28.1. The van der Waals surface area contributed by atoms with Crippen LogP contribution in [0, 0.1) is 0 Å². The van der Waals surface area contributed by atoms with Crippen molar-refractivity contribution in [1.82, 2.24) is 9.97 Å². The summed E-state index contributed by atoms with van der Waals surface area (Å²) in [5.74, 6) is 1.91. The largest absolute Gasteiger partial charge is 0.396 e. The van der Waals surface area contributed by atoms with Gasteiger partial charge in [0.05, 0.1) is 11.2 Å². The summed E-state index contributed by atoms with van der Waals surface area (Å²) >= 11 is 5.90. The highest BCUT2D eigenvalue weighted by Gasteiger charge is 2.09. The second kappa shape index (κ2) is 11.2. The lowest BCUT2D eigenvalue weighted by atomic mass is 10.0. The number of thiol groups is 1. The molecule has 7 heteroatoms. The van der Waals surface area contributed by atoms with Gasteiger partial charge in [-0.05, 0) is 65.4 Å². The van der Waals surface area contributed by atoms with Gasteiger partial charge in [-0.25, -0.2) is 9.97 Å². The van der Waals surface area contributed by atoms with Crippen LogP contribution < -0.4 is 17.2 Å². The fraction of sp³-hybridized carbons (Fsp3) is 0.0714. The molecule has 0 saturated carbocycles. The second-order valence-electron chi connectivity index (χ2n) is 7.82. The van der Waals surface area contributed by atoms with Gasteiger partial charge in [0, 0.05) is 32.5 Å². The number of nitrogens with zero attached hydrogens (tertiary/aromatic N) is 2. The Labute approximate surface area is 215 Å². The third kappa shape index (κ3) is 6.07. The molecule has 3 aromatic carbocycles. The maximum atomic E-state index is 6.24. The van der Waals surface area contributed by atoms with Gasteiger partial charge in [-0.2, -0.15) is 0 Å². The van der Waals surface area contributed by atoms with Crippen LogP contribution in [0.5, 0.6) is 0 Å². The Morgan fingerprint density at radius 2 is 1.49 bits per heavy atom. The Hall–Kier alpha value is -3.68. The highest BCUT2D eigenvalue weighted by Crippen LogP contribution is 2.32. The number of thioether (sulfide) groups is 1. The maximum absolute atomic E-state index is 6.24. The van der Waals surface area contributed by atoms with Gasteiger partial charge in [-0.1, -0.05) is 43.3 Å². The van der Waals surface area contributed by atoms with Crippen molar-refractivity contribution in [3.63, 3.8) is 0 Å². The van der Waals surface area contributed by atoms with E-state index in [-0.39, 0.29) is 0 Å². The zero-order valence-corrected chi connectivity index (χ0v) is 21.1. The molecule has 5 nitrogen and oxygen atoms in total. The predicted octanol–water partition coefficient (Wildman–Crippen LogP) is 6.80. The first-order valence-corrected chi connectivity index (χ1v) is 12.6. The van der Waals surface area contributed by atoms with Crippen molar-refractivity contribution in [2.24, 2.45) is 0 Å². The van der Waals surface area contributed by atoms with Crippen LogP contribution in [-0.4, -0.2) is 15.7 Å². The Bertz CT molecular complexity index is 1440. The summed E-state index contributed by atoms with van der Waals surface area (Å²) in [6.45, 7) is 2.14. The number of fused-ring (bicyclic) bond motifs is 1. The van der Waals surface area contributed by atoms with Gasteiger partial charge in [-0.15, -0.1) is 24.4 Å². The first-order chi connectivity index (χ1) is 16.9. The fourth-order valence-corrected chi connectivity index (χ4v) is 4.41. The number of pyridine rings is 2. The molecule has 2 aromatic heterocycles. The first kappa shape index (κ1) is 24.4. The molecule has 0 bridgehead atoms. The third-order valence-corrected chi connectivity index (χ3v) is 6.55. The highest BCUT2D eigenvalue weighted by atomic mass is 32.2. The molecule has 6 N–H and O–H groups in total. The highest BCUT2D eigenvalue weighted by molar-refractivity contribution is 7.99. The van der Waals surface area contributed by atoms with Gasteiger partial charge in [0.2, 0.25) is 0 Å². The maximum Gasteiger partial charge on any atom is 0.146 e. The number of hydrogen-bond acceptors (Lipinski definition) is 7. The van der Waals surface area contributed by atoms with Crippen LogP contribution in [-0.2, 0) is 0 Å². The molecular formula is C28H27N5S2. The summed E-state index contributed by atoms with van der Waals surface area (Å²) in [6.07, 6.45) is 1.72. The smallest absolute Gasteiger partial charge is 0.146 e. The lowest BCUT2D eigenvalue weighted by molar-refractivity contribution is 1.34. The van der Waals surface area contributed by atoms with Gasteiger partial charge >= 0.3 is 0 Å². The molecule has 176 valence electrons. The number of benzene rings is 3. The van der Waals surface area contributed by atoms with E-state index in [0.29, 0.717) is 17.3 Å². The van der Waals surface area contributed by atoms with E-state index in [1.54, 1.807) is 6.20 Å². The minimum atomic E-state index is 0.339. The number of nitrogen functional groups attached to an aromatic ring is 3. The third-order valence-electron chi connectivity index (χ3n) is 5.36. The predicted molar refractivity (Wildman–Crippen MR) is 154 cm³/mol. The summed E-state index contributed by atoms with van der Waals surface area (Å²) in [7, 11) is 0. The van der Waals surface area contributed by atoms with Crippen molar-refractivity contribution in [3.05, 3.63) is 91.1 Å². The van der Waals surface area contributed by atoms with Crippen LogP contribution in [0.15, 0.2) is 101 Å². The summed E-state index contributed by atoms with van der Waals surface area (Å²) in [5, 5.41) is 1.00. The fourth-order valence-electron chi connectivity index (χ4n) is 3.58. The van der Waals surface area contributed by atoms with E-state index in [0.717, 1.165) is 43.8 Å². The molecule has 0 aliphatic heterocycles. The average Bonchev–Trinajstić information content (AvgIpc) is 2.87. The zero-order chi connectivity index (χ0) is 24.8. The molecule has 0 aliphatic carbocycles. The van der Waals surface area contributed by atoms with Gasteiger partial charge in [0.15, 0.2) is 0 Å². The monoisotopic (exact) mass is 497 g/mol. The van der Waals surface area contributed by atoms with Crippen LogP contribution in [0.1, 0.15) is 6.92 Å². The van der Waals surface area contributed by atoms with Crippen molar-refractivity contribution < 1.29 is 0 Å². The van der Waals surface area contributed by atoms with E-state index < -0.39 is 0 Å². The topological polar surface area (TPSA) is 104 Å². The quantitative estimate of drug-likeness (QED) is 0.161. The van der Waals surface area contributed by atoms with Gasteiger partial charge < -0.3 is 17.2 Å². The van der Waals surface area contributed by atoms with Crippen molar-refractivity contribution in [1.29, 1.82) is 0 Å². The molecule has 0 spiro atoms. The Morgan fingerprint density at radius 1 is 0.771 bits per heavy atom. The standard InChI is InChI=1S/C22H21N5S.C6H6S/c1-2-28-17-6-3-13(4-7-17)18-10-15-9-14(5-8-20(15)27-21(18)24)16-11-19(23)22(25)26-12-16;7-6-4-2-1-3-5-6/h3-12H,2,23H2,1H3,(H2,24,27)(H2,25,26);1-5,7H. The molecule has 2 heterocycles. The molecule has 0 saturated heterocycles. The average molecular weight is 498 g/mol. The summed E-state index contributed by atoms with van der Waals surface area (Å²) in [5.41, 5.74) is 23.1. The normalized spacial score (nSPS) is 10.6. The molecular weight excluding hydrogens is 470 g/mol. The van der Waals surface area contributed by atoms with Crippen molar-refractivity contribution in [3.8, 4) is 22.3 Å². The van der Waals surface area contributed by atoms with E-state index in [1.807, 2.05) is 60.3 Å². The van der Waals surface area contributed by atoms with Gasteiger partial charge in [0.1, 0.15) is 11.6 Å². The van der Waals surface area contributed by atoms with Crippen LogP contribution in [0.3, 0.4) is 0 Å². The van der Waals surface area contributed by atoms with Crippen molar-refractivity contribution >= 4 is 52.6 Å². The number of nitrogens with two attached hydrogens (primary N) is 3. The van der Waals surface area contributed by atoms with Crippen LogP contribution in [0.4, 0.5) is 17.3 Å². The van der Waals surface area contributed by atoms with Crippen LogP contribution in [0.2, 0.25) is 0 Å². The number of rotatable bonds is 4. The molecule has 35 heavy (non-hydrogen) atoms. The number of anilines is 3. The second-order valence-corrected chi connectivity index (χ2v) is 9.67. The molecule has 0 radical (unpaired) electrons. The molecule has 0 amide bonds. The summed E-state index contributed by atoms with van der Waals surface area (Å²) < 4.78 is 0. The van der Waals surface area contributed by atoms with E-state index in [9.17, 15) is 0 Å². The van der Waals surface area contributed by atoms with Crippen LogP contribution >= 0.6 is 24.4 Å². The zero-order valence-electron chi connectivity index (χ0n) is 19.3.